The van der Waals surface area contributed by atoms with Crippen molar-refractivity contribution in [2.75, 3.05) is 25.5 Å². The molecule has 0 radical (unpaired) electrons. The van der Waals surface area contributed by atoms with Crippen molar-refractivity contribution in [2.45, 2.75) is 25.7 Å². The Morgan fingerprint density at radius 3 is 2.47 bits per heavy atom. The van der Waals surface area contributed by atoms with Gasteiger partial charge in [-0.15, -0.1) is 0 Å². The number of halogens is 1. The lowest BCUT2D eigenvalue weighted by Crippen LogP contribution is -2.38. The summed E-state index contributed by atoms with van der Waals surface area (Å²) in [6.07, 6.45) is 6.58. The third-order valence-corrected chi connectivity index (χ3v) is 6.80. The number of rotatable bonds is 6. The summed E-state index contributed by atoms with van der Waals surface area (Å²) in [6, 6.07) is 15.4. The summed E-state index contributed by atoms with van der Waals surface area (Å²) in [6.45, 7) is 2.88. The molecule has 2 amide bonds. The predicted octanol–water partition coefficient (Wildman–Crippen LogP) is 5.00. The predicted molar refractivity (Wildman–Crippen MR) is 141 cm³/mol. The number of nitrogens with one attached hydrogen (secondary N) is 1. The molecule has 9 heteroatoms. The Labute approximate surface area is 220 Å². The molecule has 0 atom stereocenters. The highest BCUT2D eigenvalue weighted by molar-refractivity contribution is 6.05. The van der Waals surface area contributed by atoms with E-state index in [1.807, 2.05) is 54.1 Å². The molecule has 3 heterocycles. The Hall–Kier alpha value is -4.53. The van der Waals surface area contributed by atoms with Crippen molar-refractivity contribution in [1.29, 1.82) is 0 Å². The number of hydrogen-bond acceptors (Lipinski definition) is 5. The first-order valence-corrected chi connectivity index (χ1v) is 12.4. The van der Waals surface area contributed by atoms with Crippen LogP contribution in [0.3, 0.4) is 0 Å². The van der Waals surface area contributed by atoms with Crippen LogP contribution in [-0.4, -0.2) is 51.4 Å². The summed E-state index contributed by atoms with van der Waals surface area (Å²) in [5.74, 6) is -0.889. The molecule has 0 bridgehead atoms. The fourth-order valence-electron chi connectivity index (χ4n) is 4.75. The molecule has 1 saturated heterocycles. The molecule has 5 rings (SSSR count). The molecule has 4 aromatic rings. The minimum atomic E-state index is -0.566. The number of anilines is 1. The van der Waals surface area contributed by atoms with Gasteiger partial charge in [0, 0.05) is 54.0 Å². The molecule has 0 saturated carbocycles. The van der Waals surface area contributed by atoms with E-state index in [4.69, 9.17) is 9.72 Å². The van der Waals surface area contributed by atoms with Crippen molar-refractivity contribution in [2.24, 2.45) is 0 Å². The van der Waals surface area contributed by atoms with Crippen molar-refractivity contribution >= 4 is 17.5 Å². The number of benzene rings is 2. The summed E-state index contributed by atoms with van der Waals surface area (Å²) >= 11 is 0. The number of imidazole rings is 1. The van der Waals surface area contributed by atoms with Gasteiger partial charge in [-0.2, -0.15) is 0 Å². The normalized spacial score (nSPS) is 13.8. The third kappa shape index (κ3) is 5.27. The van der Waals surface area contributed by atoms with Crippen molar-refractivity contribution in [1.82, 2.24) is 19.4 Å². The number of aromatic nitrogens is 3. The Morgan fingerprint density at radius 2 is 1.82 bits per heavy atom. The van der Waals surface area contributed by atoms with E-state index >= 15 is 0 Å². The van der Waals surface area contributed by atoms with Gasteiger partial charge in [-0.1, -0.05) is 0 Å². The second-order valence-electron chi connectivity index (χ2n) is 9.27. The number of amides is 2. The van der Waals surface area contributed by atoms with Gasteiger partial charge < -0.3 is 19.5 Å². The molecule has 0 aliphatic carbocycles. The van der Waals surface area contributed by atoms with E-state index in [1.165, 1.54) is 19.2 Å². The maximum atomic E-state index is 14.1. The Kier molecular flexibility index (Phi) is 7.17. The van der Waals surface area contributed by atoms with Crippen LogP contribution >= 0.6 is 0 Å². The van der Waals surface area contributed by atoms with Gasteiger partial charge in [-0.25, -0.2) is 9.37 Å². The van der Waals surface area contributed by atoms with Gasteiger partial charge in [-0.05, 0) is 74.4 Å². The summed E-state index contributed by atoms with van der Waals surface area (Å²) < 4.78 is 20.9. The highest BCUT2D eigenvalue weighted by atomic mass is 19.1. The molecule has 1 N–H and O–H groups in total. The Morgan fingerprint density at radius 1 is 1.05 bits per heavy atom. The standard InChI is InChI=1S/C29H28FN5O3/c1-19-3-9-24(28(36)33-22-5-7-23(8-6-22)35-16-13-31-18-35)27(32-19)20-11-14-34(15-12-20)29(37)21-4-10-26(38-2)25(30)17-21/h3-10,13,16-18,20H,11-12,14-15H2,1-2H3,(H,33,36). The number of ether oxygens (including phenoxy) is 1. The number of carbonyl (C=O) groups is 2. The van der Waals surface area contributed by atoms with E-state index < -0.39 is 5.82 Å². The van der Waals surface area contributed by atoms with Gasteiger partial charge in [0.25, 0.3) is 11.8 Å². The molecule has 8 nitrogen and oxygen atoms in total. The van der Waals surface area contributed by atoms with Crippen LogP contribution in [0, 0.1) is 12.7 Å². The number of likely N-dealkylation sites (tertiary alicyclic amines) is 1. The number of carbonyl (C=O) groups excluding carboxylic acids is 2. The highest BCUT2D eigenvalue weighted by Gasteiger charge is 2.29. The van der Waals surface area contributed by atoms with Crippen LogP contribution in [0.5, 0.6) is 5.75 Å². The van der Waals surface area contributed by atoms with Crippen LogP contribution in [0.4, 0.5) is 10.1 Å². The molecular formula is C29H28FN5O3. The third-order valence-electron chi connectivity index (χ3n) is 6.80. The molecule has 0 spiro atoms. The van der Waals surface area contributed by atoms with Crippen LogP contribution < -0.4 is 10.1 Å². The SMILES string of the molecule is COc1ccc(C(=O)N2CCC(c3nc(C)ccc3C(=O)Nc3ccc(-n4ccnc4)cc3)CC2)cc1F. The Balaban J connectivity index is 1.27. The molecule has 0 unspecified atom stereocenters. The van der Waals surface area contributed by atoms with Gasteiger partial charge in [0.15, 0.2) is 11.6 Å². The van der Waals surface area contributed by atoms with E-state index in [-0.39, 0.29) is 29.0 Å². The first-order valence-electron chi connectivity index (χ1n) is 12.4. The number of piperidine rings is 1. The van der Waals surface area contributed by atoms with Crippen LogP contribution in [0.2, 0.25) is 0 Å². The van der Waals surface area contributed by atoms with Gasteiger partial charge in [0.1, 0.15) is 0 Å². The minimum Gasteiger partial charge on any atom is -0.494 e. The summed E-state index contributed by atoms with van der Waals surface area (Å²) in [5, 5.41) is 2.98. The van der Waals surface area contributed by atoms with Crippen LogP contribution in [0.15, 0.2) is 73.3 Å². The molecule has 38 heavy (non-hydrogen) atoms. The second-order valence-corrected chi connectivity index (χ2v) is 9.27. The zero-order chi connectivity index (χ0) is 26.6. The molecule has 1 aliphatic heterocycles. The van der Waals surface area contributed by atoms with Gasteiger partial charge in [0.05, 0.1) is 24.7 Å². The van der Waals surface area contributed by atoms with E-state index in [9.17, 15) is 14.0 Å². The molecule has 2 aromatic carbocycles. The zero-order valence-electron chi connectivity index (χ0n) is 21.2. The number of pyridine rings is 1. The Bertz CT molecular complexity index is 1450. The maximum Gasteiger partial charge on any atom is 0.257 e. The smallest absolute Gasteiger partial charge is 0.257 e. The minimum absolute atomic E-state index is 0.0240. The fourth-order valence-corrected chi connectivity index (χ4v) is 4.75. The van der Waals surface area contributed by atoms with Crippen LogP contribution in [0.25, 0.3) is 5.69 Å². The van der Waals surface area contributed by atoms with Crippen LogP contribution in [0.1, 0.15) is 50.9 Å². The van der Waals surface area contributed by atoms with Crippen LogP contribution in [-0.2, 0) is 0 Å². The monoisotopic (exact) mass is 513 g/mol. The first-order chi connectivity index (χ1) is 18.4. The molecule has 194 valence electrons. The lowest BCUT2D eigenvalue weighted by molar-refractivity contribution is 0.0710. The average Bonchev–Trinajstić information content (AvgIpc) is 3.48. The van der Waals surface area contributed by atoms with E-state index in [2.05, 4.69) is 10.3 Å². The van der Waals surface area contributed by atoms with Gasteiger partial charge >= 0.3 is 0 Å². The number of aryl methyl sites for hydroxylation is 1. The van der Waals surface area contributed by atoms with E-state index in [0.717, 1.165) is 17.1 Å². The number of nitrogens with zero attached hydrogens (tertiary/aromatic N) is 4. The first kappa shape index (κ1) is 25.1. The van der Waals surface area contributed by atoms with Crippen molar-refractivity contribution < 1.29 is 18.7 Å². The summed E-state index contributed by atoms with van der Waals surface area (Å²) in [7, 11) is 1.39. The number of hydrogen-bond donors (Lipinski definition) is 1. The maximum absolute atomic E-state index is 14.1. The quantitative estimate of drug-likeness (QED) is 0.392. The fraction of sp³-hybridized carbons (Fsp3) is 0.241. The summed E-state index contributed by atoms with van der Waals surface area (Å²) in [4.78, 5) is 36.7. The van der Waals surface area contributed by atoms with E-state index in [0.29, 0.717) is 37.2 Å². The average molecular weight is 514 g/mol. The van der Waals surface area contributed by atoms with Gasteiger partial charge in [0.2, 0.25) is 0 Å². The largest absolute Gasteiger partial charge is 0.494 e. The van der Waals surface area contributed by atoms with E-state index in [1.54, 1.807) is 23.5 Å². The second kappa shape index (κ2) is 10.8. The topological polar surface area (TPSA) is 89.4 Å². The van der Waals surface area contributed by atoms with Crippen molar-refractivity contribution in [3.63, 3.8) is 0 Å². The molecule has 1 aliphatic rings. The van der Waals surface area contributed by atoms with Gasteiger partial charge in [-0.3, -0.25) is 14.6 Å². The highest BCUT2D eigenvalue weighted by Crippen LogP contribution is 2.31. The molecule has 1 fully saturated rings. The van der Waals surface area contributed by atoms with Crippen molar-refractivity contribution in [3.05, 3.63) is 102 Å². The molecular weight excluding hydrogens is 485 g/mol. The zero-order valence-corrected chi connectivity index (χ0v) is 21.2. The molecule has 2 aromatic heterocycles. The summed E-state index contributed by atoms with van der Waals surface area (Å²) in [5.41, 5.74) is 3.99. The number of methoxy groups -OCH3 is 1. The lowest BCUT2D eigenvalue weighted by atomic mass is 9.89. The lowest BCUT2D eigenvalue weighted by Gasteiger charge is -2.32. The van der Waals surface area contributed by atoms with Crippen molar-refractivity contribution in [3.8, 4) is 11.4 Å².